The molecule has 0 spiro atoms. The minimum Gasteiger partial charge on any atom is -0.497 e. The van der Waals surface area contributed by atoms with Crippen LogP contribution in [0.25, 0.3) is 0 Å². The standard InChI is InChI=1S/C27H26N2O8/c1-36-21-9-7-18(8-10-21)15-28-25(31)23(11-17-5-3-2-4-6-17)29-24(30)16-37-22-13-19(26(32)33)12-20(14-22)27(34)35/h2-10,12-14,23H,11,15-16H2,1H3,(H,28,31)(H,29,30)(H,32,33)(H,34,35)/t23-/m0/s1. The van der Waals surface area contributed by atoms with Gasteiger partial charge in [-0.1, -0.05) is 42.5 Å². The average molecular weight is 507 g/mol. The first kappa shape index (κ1) is 26.7. The van der Waals surface area contributed by atoms with Gasteiger partial charge in [-0.3, -0.25) is 9.59 Å². The molecule has 0 heterocycles. The number of amides is 2. The van der Waals surface area contributed by atoms with Crippen LogP contribution in [-0.4, -0.2) is 53.7 Å². The number of carboxylic acid groups (broad SMARTS) is 2. The molecule has 10 heteroatoms. The molecule has 0 aliphatic carbocycles. The van der Waals surface area contributed by atoms with Gasteiger partial charge in [0.1, 0.15) is 17.5 Å². The van der Waals surface area contributed by atoms with E-state index in [-0.39, 0.29) is 29.8 Å². The Hall–Kier alpha value is -4.86. The second-order valence-electron chi connectivity index (χ2n) is 8.02. The van der Waals surface area contributed by atoms with E-state index in [9.17, 15) is 29.4 Å². The lowest BCUT2D eigenvalue weighted by atomic mass is 10.0. The summed E-state index contributed by atoms with van der Waals surface area (Å²) < 4.78 is 10.5. The summed E-state index contributed by atoms with van der Waals surface area (Å²) in [6, 6.07) is 18.6. The van der Waals surface area contributed by atoms with Gasteiger partial charge in [0, 0.05) is 13.0 Å². The van der Waals surface area contributed by atoms with Gasteiger partial charge in [0.15, 0.2) is 6.61 Å². The first-order valence-electron chi connectivity index (χ1n) is 11.2. The Morgan fingerprint density at radius 1 is 0.811 bits per heavy atom. The van der Waals surface area contributed by atoms with Gasteiger partial charge in [0.25, 0.3) is 5.91 Å². The topological polar surface area (TPSA) is 151 Å². The number of rotatable bonds is 12. The van der Waals surface area contributed by atoms with Crippen LogP contribution in [0.2, 0.25) is 0 Å². The van der Waals surface area contributed by atoms with Gasteiger partial charge in [-0.05, 0) is 41.5 Å². The van der Waals surface area contributed by atoms with Gasteiger partial charge in [-0.25, -0.2) is 9.59 Å². The predicted octanol–water partition coefficient (Wildman–Crippen LogP) is 2.51. The zero-order valence-electron chi connectivity index (χ0n) is 20.0. The molecule has 2 amide bonds. The summed E-state index contributed by atoms with van der Waals surface area (Å²) in [5.74, 6) is -3.14. The third-order valence-electron chi connectivity index (χ3n) is 5.33. The molecule has 0 fully saturated rings. The molecule has 0 radical (unpaired) electrons. The quantitative estimate of drug-likeness (QED) is 0.293. The maximum absolute atomic E-state index is 13.0. The maximum atomic E-state index is 13.0. The summed E-state index contributed by atoms with van der Waals surface area (Å²) in [6.07, 6.45) is 0.221. The van der Waals surface area contributed by atoms with Crippen LogP contribution in [0.15, 0.2) is 72.8 Å². The van der Waals surface area contributed by atoms with Crippen LogP contribution < -0.4 is 20.1 Å². The van der Waals surface area contributed by atoms with Crippen molar-refractivity contribution in [1.29, 1.82) is 0 Å². The van der Waals surface area contributed by atoms with E-state index in [1.807, 2.05) is 42.5 Å². The molecular formula is C27H26N2O8. The van der Waals surface area contributed by atoms with Crippen molar-refractivity contribution < 1.29 is 38.9 Å². The zero-order chi connectivity index (χ0) is 26.8. The number of benzene rings is 3. The van der Waals surface area contributed by atoms with Crippen LogP contribution in [0.3, 0.4) is 0 Å². The number of ether oxygens (including phenoxy) is 2. The summed E-state index contributed by atoms with van der Waals surface area (Å²) in [5.41, 5.74) is 1.08. The second kappa shape index (κ2) is 12.7. The first-order valence-corrected chi connectivity index (χ1v) is 11.2. The summed E-state index contributed by atoms with van der Waals surface area (Å²) in [7, 11) is 1.56. The molecule has 10 nitrogen and oxygen atoms in total. The number of nitrogens with one attached hydrogen (secondary N) is 2. The Labute approximate surface area is 212 Å². The lowest BCUT2D eigenvalue weighted by Crippen LogP contribution is -2.49. The summed E-state index contributed by atoms with van der Waals surface area (Å²) in [4.78, 5) is 48.2. The van der Waals surface area contributed by atoms with Crippen LogP contribution >= 0.6 is 0 Å². The van der Waals surface area contributed by atoms with E-state index in [1.54, 1.807) is 19.2 Å². The molecule has 37 heavy (non-hydrogen) atoms. The largest absolute Gasteiger partial charge is 0.497 e. The molecule has 4 N–H and O–H groups in total. The van der Waals surface area contributed by atoms with E-state index < -0.39 is 36.4 Å². The molecule has 0 aromatic heterocycles. The summed E-state index contributed by atoms with van der Waals surface area (Å²) >= 11 is 0. The number of hydrogen-bond acceptors (Lipinski definition) is 6. The molecule has 0 saturated heterocycles. The van der Waals surface area contributed by atoms with Crippen LogP contribution in [0.5, 0.6) is 11.5 Å². The summed E-state index contributed by atoms with van der Waals surface area (Å²) in [6.45, 7) is -0.320. The first-order chi connectivity index (χ1) is 17.7. The number of carboxylic acids is 2. The third kappa shape index (κ3) is 8.10. The highest BCUT2D eigenvalue weighted by molar-refractivity contribution is 5.94. The Morgan fingerprint density at radius 3 is 2.00 bits per heavy atom. The molecule has 0 aliphatic rings. The second-order valence-corrected chi connectivity index (χ2v) is 8.02. The van der Waals surface area contributed by atoms with E-state index >= 15 is 0 Å². The summed E-state index contributed by atoms with van der Waals surface area (Å²) in [5, 5.41) is 23.8. The van der Waals surface area contributed by atoms with Gasteiger partial charge in [-0.15, -0.1) is 0 Å². The highest BCUT2D eigenvalue weighted by Gasteiger charge is 2.22. The Morgan fingerprint density at radius 2 is 1.43 bits per heavy atom. The molecule has 0 unspecified atom stereocenters. The third-order valence-corrected chi connectivity index (χ3v) is 5.33. The van der Waals surface area contributed by atoms with Crippen LogP contribution in [-0.2, 0) is 22.6 Å². The van der Waals surface area contributed by atoms with Crippen molar-refractivity contribution in [2.24, 2.45) is 0 Å². The number of hydrogen-bond donors (Lipinski definition) is 4. The molecule has 3 rings (SSSR count). The number of carbonyl (C=O) groups is 4. The molecule has 192 valence electrons. The molecule has 0 aliphatic heterocycles. The molecule has 3 aromatic carbocycles. The lowest BCUT2D eigenvalue weighted by molar-refractivity contribution is -0.130. The van der Waals surface area contributed by atoms with Crippen molar-refractivity contribution >= 4 is 23.8 Å². The SMILES string of the molecule is COc1ccc(CNC(=O)[C@H](Cc2ccccc2)NC(=O)COc2cc(C(=O)O)cc(C(=O)O)c2)cc1. The highest BCUT2D eigenvalue weighted by Crippen LogP contribution is 2.18. The Balaban J connectivity index is 1.67. The Bertz CT molecular complexity index is 1230. The number of methoxy groups -OCH3 is 1. The highest BCUT2D eigenvalue weighted by atomic mass is 16.5. The Kier molecular flexibility index (Phi) is 9.20. The molecule has 0 saturated carbocycles. The minimum absolute atomic E-state index is 0.101. The van der Waals surface area contributed by atoms with E-state index in [2.05, 4.69) is 10.6 Å². The normalized spacial score (nSPS) is 11.2. The van der Waals surface area contributed by atoms with E-state index in [0.29, 0.717) is 5.75 Å². The molecule has 3 aromatic rings. The monoisotopic (exact) mass is 506 g/mol. The van der Waals surface area contributed by atoms with Gasteiger partial charge in [-0.2, -0.15) is 0 Å². The van der Waals surface area contributed by atoms with E-state index in [4.69, 9.17) is 9.47 Å². The van der Waals surface area contributed by atoms with Crippen molar-refractivity contribution in [2.75, 3.05) is 13.7 Å². The lowest BCUT2D eigenvalue weighted by Gasteiger charge is -2.19. The predicted molar refractivity (Wildman–Crippen MR) is 133 cm³/mol. The zero-order valence-corrected chi connectivity index (χ0v) is 20.0. The molecular weight excluding hydrogens is 480 g/mol. The van der Waals surface area contributed by atoms with Crippen molar-refractivity contribution in [3.05, 3.63) is 95.1 Å². The van der Waals surface area contributed by atoms with E-state index in [1.165, 1.54) is 0 Å². The number of aromatic carboxylic acids is 2. The van der Waals surface area contributed by atoms with Crippen molar-refractivity contribution in [1.82, 2.24) is 10.6 Å². The van der Waals surface area contributed by atoms with Crippen molar-refractivity contribution in [3.8, 4) is 11.5 Å². The van der Waals surface area contributed by atoms with Crippen LogP contribution in [0.4, 0.5) is 0 Å². The average Bonchev–Trinajstić information content (AvgIpc) is 2.90. The minimum atomic E-state index is -1.34. The van der Waals surface area contributed by atoms with E-state index in [0.717, 1.165) is 29.3 Å². The van der Waals surface area contributed by atoms with Crippen LogP contribution in [0, 0.1) is 0 Å². The van der Waals surface area contributed by atoms with Gasteiger partial charge >= 0.3 is 11.9 Å². The fourth-order valence-electron chi connectivity index (χ4n) is 3.43. The van der Waals surface area contributed by atoms with Crippen LogP contribution in [0.1, 0.15) is 31.8 Å². The van der Waals surface area contributed by atoms with Gasteiger partial charge in [0.2, 0.25) is 5.91 Å². The maximum Gasteiger partial charge on any atom is 0.335 e. The van der Waals surface area contributed by atoms with Crippen molar-refractivity contribution in [2.45, 2.75) is 19.0 Å². The fraction of sp³-hybridized carbons (Fsp3) is 0.185. The molecule has 0 bridgehead atoms. The molecule has 1 atom stereocenters. The van der Waals surface area contributed by atoms with Gasteiger partial charge < -0.3 is 30.3 Å². The fourth-order valence-corrected chi connectivity index (χ4v) is 3.43. The smallest absolute Gasteiger partial charge is 0.335 e. The number of carbonyl (C=O) groups excluding carboxylic acids is 2. The van der Waals surface area contributed by atoms with Gasteiger partial charge in [0.05, 0.1) is 18.2 Å². The van der Waals surface area contributed by atoms with Crippen molar-refractivity contribution in [3.63, 3.8) is 0 Å².